The summed E-state index contributed by atoms with van der Waals surface area (Å²) in [6.45, 7) is -0.456. The van der Waals surface area contributed by atoms with Gasteiger partial charge in [-0.1, -0.05) is 11.2 Å². The van der Waals surface area contributed by atoms with E-state index in [2.05, 4.69) is 14.7 Å². The summed E-state index contributed by atoms with van der Waals surface area (Å²) in [6, 6.07) is 5.17. The minimum atomic E-state index is -4.68. The van der Waals surface area contributed by atoms with Gasteiger partial charge in [-0.25, -0.2) is 22.7 Å². The van der Waals surface area contributed by atoms with Crippen LogP contribution in [0.15, 0.2) is 59.4 Å². The van der Waals surface area contributed by atoms with Crippen molar-refractivity contribution in [2.24, 2.45) is 5.73 Å². The molecule has 184 valence electrons. The molecule has 0 amide bonds. The number of hydrogen-bond donors (Lipinski definition) is 3. The number of phosphoric acid groups is 1. The van der Waals surface area contributed by atoms with Crippen LogP contribution < -0.4 is 10.5 Å². The number of nitrogens with zero attached hydrogens (tertiary/aromatic N) is 3. The molecule has 1 aliphatic rings. The lowest BCUT2D eigenvalue weighted by atomic mass is 10.1. The molecule has 1 unspecified atom stereocenters. The maximum absolute atomic E-state index is 14.5. The molecule has 4 rings (SSSR count). The van der Waals surface area contributed by atoms with Gasteiger partial charge in [0.25, 0.3) is 5.88 Å². The molecule has 3 aromatic rings. The molecule has 0 saturated carbocycles. The molecule has 0 aliphatic carbocycles. The Morgan fingerprint density at radius 1 is 1.14 bits per heavy atom. The molecule has 1 aliphatic heterocycles. The zero-order chi connectivity index (χ0) is 25.2. The van der Waals surface area contributed by atoms with Gasteiger partial charge in [-0.15, -0.1) is 0 Å². The first kappa shape index (κ1) is 24.6. The van der Waals surface area contributed by atoms with E-state index in [0.29, 0.717) is 28.7 Å². The molecular formula is C21H18F3N4O6P. The first-order chi connectivity index (χ1) is 16.6. The summed E-state index contributed by atoms with van der Waals surface area (Å²) >= 11 is 0. The molecule has 3 heterocycles. The Kier molecular flexibility index (Phi) is 7.05. The first-order valence-electron chi connectivity index (χ1n) is 9.91. The van der Waals surface area contributed by atoms with Crippen LogP contribution in [0.2, 0.25) is 0 Å². The highest BCUT2D eigenvalue weighted by Crippen LogP contribution is 2.36. The molecule has 2 aromatic heterocycles. The molecule has 0 spiro atoms. The second kappa shape index (κ2) is 10.0. The third kappa shape index (κ3) is 6.35. The van der Waals surface area contributed by atoms with Crippen molar-refractivity contribution in [1.82, 2.24) is 15.0 Å². The zero-order valence-corrected chi connectivity index (χ0v) is 18.6. The van der Waals surface area contributed by atoms with Crippen LogP contribution in [0.25, 0.3) is 5.57 Å². The molecule has 14 heteroatoms. The summed E-state index contributed by atoms with van der Waals surface area (Å²) in [5, 5.41) is 3.94. The summed E-state index contributed by atoms with van der Waals surface area (Å²) in [7, 11) is -4.68. The van der Waals surface area contributed by atoms with Crippen molar-refractivity contribution in [3.05, 3.63) is 89.3 Å². The van der Waals surface area contributed by atoms with Gasteiger partial charge in [-0.3, -0.25) is 4.52 Å². The van der Waals surface area contributed by atoms with Gasteiger partial charge in [0.1, 0.15) is 30.3 Å². The van der Waals surface area contributed by atoms with Crippen molar-refractivity contribution in [2.75, 3.05) is 6.73 Å². The van der Waals surface area contributed by atoms with Crippen molar-refractivity contribution >= 4 is 13.4 Å². The third-order valence-electron chi connectivity index (χ3n) is 4.75. The SMILES string of the molecule is NC1C(c2cc(Cc3cnc(Oc4cc(F)cc(F)c4)c(F)c3)no2)=CC=CN1COP(=O)(O)O. The quantitative estimate of drug-likeness (QED) is 0.386. The molecule has 1 aromatic carbocycles. The first-order valence-corrected chi connectivity index (χ1v) is 11.4. The number of pyridine rings is 1. The van der Waals surface area contributed by atoms with Gasteiger partial charge in [0.15, 0.2) is 11.6 Å². The normalized spacial score (nSPS) is 15.9. The predicted octanol–water partition coefficient (Wildman–Crippen LogP) is 3.43. The van der Waals surface area contributed by atoms with Gasteiger partial charge < -0.3 is 29.7 Å². The van der Waals surface area contributed by atoms with Crippen LogP contribution >= 0.6 is 7.82 Å². The van der Waals surface area contributed by atoms with E-state index in [-0.39, 0.29) is 12.2 Å². The van der Waals surface area contributed by atoms with Crippen molar-refractivity contribution in [3.8, 4) is 11.6 Å². The highest BCUT2D eigenvalue weighted by atomic mass is 31.2. The number of aromatic nitrogens is 2. The number of halogens is 3. The third-order valence-corrected chi connectivity index (χ3v) is 5.20. The maximum Gasteiger partial charge on any atom is 0.471 e. The van der Waals surface area contributed by atoms with Gasteiger partial charge in [0.05, 0.1) is 5.69 Å². The van der Waals surface area contributed by atoms with Crippen molar-refractivity contribution < 1.29 is 41.3 Å². The second-order valence-corrected chi connectivity index (χ2v) is 8.61. The topological polar surface area (TPSA) is 144 Å². The number of phosphoric ester groups is 1. The highest BCUT2D eigenvalue weighted by Gasteiger charge is 2.25. The molecule has 1 atom stereocenters. The van der Waals surface area contributed by atoms with Crippen LogP contribution in [0.1, 0.15) is 17.0 Å². The van der Waals surface area contributed by atoms with E-state index in [1.165, 1.54) is 17.3 Å². The van der Waals surface area contributed by atoms with Crippen LogP contribution in [0.3, 0.4) is 0 Å². The molecule has 0 saturated heterocycles. The van der Waals surface area contributed by atoms with E-state index < -0.39 is 44.1 Å². The van der Waals surface area contributed by atoms with Gasteiger partial charge in [-0.05, 0) is 17.7 Å². The van der Waals surface area contributed by atoms with Crippen molar-refractivity contribution in [2.45, 2.75) is 12.6 Å². The summed E-state index contributed by atoms with van der Waals surface area (Å²) in [5.41, 5.74) is 7.43. The molecular weight excluding hydrogens is 492 g/mol. The Bertz CT molecular complexity index is 1320. The number of benzene rings is 1. The number of rotatable bonds is 8. The summed E-state index contributed by atoms with van der Waals surface area (Å²) in [6.07, 6.45) is 5.34. The smallest absolute Gasteiger partial charge is 0.436 e. The van der Waals surface area contributed by atoms with Crippen molar-refractivity contribution in [3.63, 3.8) is 0 Å². The van der Waals surface area contributed by atoms with E-state index in [9.17, 15) is 17.7 Å². The fourth-order valence-electron chi connectivity index (χ4n) is 3.20. The highest BCUT2D eigenvalue weighted by molar-refractivity contribution is 7.46. The van der Waals surface area contributed by atoms with Crippen LogP contribution in [0, 0.1) is 17.5 Å². The number of ether oxygens (including phenoxy) is 1. The Balaban J connectivity index is 1.43. The van der Waals surface area contributed by atoms with Crippen LogP contribution in [-0.2, 0) is 15.5 Å². The Hall–Kier alpha value is -3.48. The Labute approximate surface area is 196 Å². The van der Waals surface area contributed by atoms with E-state index in [1.807, 2.05) is 0 Å². The minimum absolute atomic E-state index is 0.131. The molecule has 10 nitrogen and oxygen atoms in total. The monoisotopic (exact) mass is 510 g/mol. The van der Waals surface area contributed by atoms with E-state index in [0.717, 1.165) is 18.2 Å². The lowest BCUT2D eigenvalue weighted by Gasteiger charge is -2.30. The molecule has 0 bridgehead atoms. The van der Waals surface area contributed by atoms with Crippen LogP contribution in [-0.4, -0.2) is 37.7 Å². The molecule has 0 fully saturated rings. The Morgan fingerprint density at radius 2 is 1.89 bits per heavy atom. The lowest BCUT2D eigenvalue weighted by molar-refractivity contribution is 0.110. The van der Waals surface area contributed by atoms with Crippen LogP contribution in [0.5, 0.6) is 11.6 Å². The van der Waals surface area contributed by atoms with E-state index in [1.54, 1.807) is 18.2 Å². The average Bonchev–Trinajstić information content (AvgIpc) is 3.22. The number of nitrogens with two attached hydrogens (primary N) is 1. The predicted molar refractivity (Wildman–Crippen MR) is 115 cm³/mol. The summed E-state index contributed by atoms with van der Waals surface area (Å²) < 4.78 is 66.9. The minimum Gasteiger partial charge on any atom is -0.436 e. The fourth-order valence-corrected chi connectivity index (χ4v) is 3.48. The van der Waals surface area contributed by atoms with E-state index >= 15 is 0 Å². The lowest BCUT2D eigenvalue weighted by Crippen LogP contribution is -2.41. The molecule has 0 radical (unpaired) electrons. The van der Waals surface area contributed by atoms with Crippen molar-refractivity contribution in [1.29, 1.82) is 0 Å². The van der Waals surface area contributed by atoms with Crippen LogP contribution in [0.4, 0.5) is 13.2 Å². The average molecular weight is 510 g/mol. The summed E-state index contributed by atoms with van der Waals surface area (Å²) in [4.78, 5) is 23.0. The standard InChI is InChI=1S/C21H18F3N4O6P/c22-13-6-14(23)8-16(7-13)33-21-18(24)5-12(10-26-21)4-15-9-19(34-27-15)17-2-1-3-28(20(17)25)11-32-35(29,30)31/h1-3,5-10,20H,4,11,25H2,(H2,29,30,31). The molecule has 4 N–H and O–H groups in total. The maximum atomic E-state index is 14.5. The fraction of sp³-hybridized carbons (Fsp3) is 0.143. The van der Waals surface area contributed by atoms with Gasteiger partial charge in [0, 0.05) is 48.7 Å². The number of hydrogen-bond acceptors (Lipinski definition) is 8. The Morgan fingerprint density at radius 3 is 2.57 bits per heavy atom. The van der Waals surface area contributed by atoms with E-state index in [4.69, 9.17) is 24.8 Å². The summed E-state index contributed by atoms with van der Waals surface area (Å²) in [5.74, 6) is -3.01. The second-order valence-electron chi connectivity index (χ2n) is 7.37. The van der Waals surface area contributed by atoms with Gasteiger partial charge in [-0.2, -0.15) is 0 Å². The molecule has 35 heavy (non-hydrogen) atoms. The zero-order valence-electron chi connectivity index (χ0n) is 17.7. The van der Waals surface area contributed by atoms with Gasteiger partial charge >= 0.3 is 7.82 Å². The number of allylic oxidation sites excluding steroid dienone is 2. The van der Waals surface area contributed by atoms with Gasteiger partial charge in [0.2, 0.25) is 0 Å². The largest absolute Gasteiger partial charge is 0.471 e.